The molecule has 0 spiro atoms. The molecule has 2 N–H and O–H groups in total. The van der Waals surface area contributed by atoms with Crippen molar-refractivity contribution in [2.45, 2.75) is 45.4 Å². The number of hydrogen-bond donors (Lipinski definition) is 2. The minimum atomic E-state index is -0.536. The van der Waals surface area contributed by atoms with Crippen LogP contribution >= 0.6 is 0 Å². The molecule has 1 aromatic carbocycles. The zero-order chi connectivity index (χ0) is 25.7. The molecular formula is C26H31N3O7. The number of hydrogen-bond acceptors (Lipinski definition) is 9. The highest BCUT2D eigenvalue weighted by atomic mass is 16.5. The Morgan fingerprint density at radius 3 is 2.50 bits per heavy atom. The molecule has 0 amide bonds. The summed E-state index contributed by atoms with van der Waals surface area (Å²) in [5.41, 5.74) is 0.801. The number of H-pyrrole nitrogens is 1. The van der Waals surface area contributed by atoms with Crippen molar-refractivity contribution in [1.29, 1.82) is 0 Å². The van der Waals surface area contributed by atoms with E-state index in [1.165, 1.54) is 14.2 Å². The van der Waals surface area contributed by atoms with E-state index in [-0.39, 0.29) is 41.4 Å². The van der Waals surface area contributed by atoms with Crippen molar-refractivity contribution in [3.8, 4) is 39.8 Å². The molecule has 0 aliphatic carbocycles. The summed E-state index contributed by atoms with van der Waals surface area (Å²) < 4.78 is 22.1. The van der Waals surface area contributed by atoms with Crippen LogP contribution in [0.1, 0.15) is 44.2 Å². The lowest BCUT2D eigenvalue weighted by atomic mass is 9.94. The number of nitrogens with zero attached hydrogens (tertiary/aromatic N) is 2. The number of methoxy groups -OCH3 is 2. The fourth-order valence-corrected chi connectivity index (χ4v) is 4.48. The molecule has 1 aliphatic rings. The molecule has 3 aromatic rings. The first-order valence-corrected chi connectivity index (χ1v) is 12.1. The number of aryl methyl sites for hydroxylation is 2. The first-order chi connectivity index (χ1) is 17.5. The monoisotopic (exact) mass is 497 g/mol. The molecule has 1 atom stereocenters. The number of ketones is 1. The SMILES string of the molecule is CCCCc1[nH]c(=O)c(-c2nnc(CCC3CCOCC3=O)o2)c(O)c1-c1c(OC)cccc1OC. The maximum absolute atomic E-state index is 13.1. The van der Waals surface area contributed by atoms with Crippen molar-refractivity contribution < 1.29 is 28.5 Å². The molecule has 1 unspecified atom stereocenters. The number of carbonyl (C=O) groups is 1. The Morgan fingerprint density at radius 1 is 1.08 bits per heavy atom. The smallest absolute Gasteiger partial charge is 0.264 e. The third-order valence-electron chi connectivity index (χ3n) is 6.42. The number of aromatic hydroxyl groups is 1. The van der Waals surface area contributed by atoms with Gasteiger partial charge >= 0.3 is 0 Å². The summed E-state index contributed by atoms with van der Waals surface area (Å²) in [7, 11) is 3.06. The Kier molecular flexibility index (Phi) is 8.04. The second kappa shape index (κ2) is 11.4. The minimum Gasteiger partial charge on any atom is -0.506 e. The molecule has 3 heterocycles. The maximum Gasteiger partial charge on any atom is 0.264 e. The highest BCUT2D eigenvalue weighted by Gasteiger charge is 2.28. The van der Waals surface area contributed by atoms with Crippen LogP contribution in [-0.2, 0) is 22.4 Å². The van der Waals surface area contributed by atoms with Crippen LogP contribution in [0.2, 0.25) is 0 Å². The fourth-order valence-electron chi connectivity index (χ4n) is 4.48. The lowest BCUT2D eigenvalue weighted by Crippen LogP contribution is -2.27. The van der Waals surface area contributed by atoms with E-state index in [0.717, 1.165) is 12.8 Å². The predicted octanol–water partition coefficient (Wildman–Crippen LogP) is 3.70. The number of Topliss-reactive ketones (excluding diaryl/α,β-unsaturated/α-hetero) is 1. The van der Waals surface area contributed by atoms with Crippen LogP contribution in [-0.4, -0.2) is 53.5 Å². The van der Waals surface area contributed by atoms with Gasteiger partial charge < -0.3 is 28.7 Å². The van der Waals surface area contributed by atoms with Gasteiger partial charge in [-0.3, -0.25) is 9.59 Å². The largest absolute Gasteiger partial charge is 0.506 e. The molecule has 1 fully saturated rings. The second-order valence-electron chi connectivity index (χ2n) is 8.72. The van der Waals surface area contributed by atoms with E-state index in [4.69, 9.17) is 18.6 Å². The number of ether oxygens (including phenoxy) is 3. The summed E-state index contributed by atoms with van der Waals surface area (Å²) in [5, 5.41) is 19.5. The summed E-state index contributed by atoms with van der Waals surface area (Å²) in [6.45, 7) is 2.72. The Morgan fingerprint density at radius 2 is 1.83 bits per heavy atom. The fraction of sp³-hybridized carbons (Fsp3) is 0.462. The van der Waals surface area contributed by atoms with Gasteiger partial charge in [0.25, 0.3) is 11.4 Å². The molecule has 4 rings (SSSR count). The van der Waals surface area contributed by atoms with Crippen molar-refractivity contribution >= 4 is 5.78 Å². The summed E-state index contributed by atoms with van der Waals surface area (Å²) in [6, 6.07) is 5.30. The predicted molar refractivity (Wildman–Crippen MR) is 131 cm³/mol. The van der Waals surface area contributed by atoms with Gasteiger partial charge in [0.1, 0.15) is 29.4 Å². The van der Waals surface area contributed by atoms with E-state index in [2.05, 4.69) is 15.2 Å². The van der Waals surface area contributed by atoms with E-state index < -0.39 is 5.56 Å². The number of benzene rings is 1. The highest BCUT2D eigenvalue weighted by molar-refractivity contribution is 5.87. The average molecular weight is 498 g/mol. The minimum absolute atomic E-state index is 0.0631. The summed E-state index contributed by atoms with van der Waals surface area (Å²) in [5.74, 6) is 0.804. The molecule has 2 aromatic heterocycles. The maximum atomic E-state index is 13.1. The number of aromatic nitrogens is 3. The summed E-state index contributed by atoms with van der Waals surface area (Å²) in [4.78, 5) is 28.0. The third kappa shape index (κ3) is 5.13. The first-order valence-electron chi connectivity index (χ1n) is 12.1. The number of nitrogens with one attached hydrogen (secondary N) is 1. The van der Waals surface area contributed by atoms with E-state index in [0.29, 0.717) is 60.6 Å². The molecule has 1 saturated heterocycles. The van der Waals surface area contributed by atoms with Gasteiger partial charge in [-0.05, 0) is 37.8 Å². The Hall–Kier alpha value is -3.66. The van der Waals surface area contributed by atoms with Crippen LogP contribution in [0.4, 0.5) is 0 Å². The number of aromatic amines is 1. The number of pyridine rings is 1. The van der Waals surface area contributed by atoms with E-state index >= 15 is 0 Å². The Bertz CT molecular complexity index is 1260. The zero-order valence-corrected chi connectivity index (χ0v) is 20.8. The van der Waals surface area contributed by atoms with Gasteiger partial charge in [-0.1, -0.05) is 19.4 Å². The lowest BCUT2D eigenvalue weighted by Gasteiger charge is -2.19. The van der Waals surface area contributed by atoms with Gasteiger partial charge in [0, 0.05) is 24.6 Å². The first kappa shape index (κ1) is 25.4. The average Bonchev–Trinajstić information content (AvgIpc) is 3.35. The second-order valence-corrected chi connectivity index (χ2v) is 8.72. The normalized spacial score (nSPS) is 15.8. The lowest BCUT2D eigenvalue weighted by molar-refractivity contribution is -0.132. The molecule has 1 aliphatic heterocycles. The van der Waals surface area contributed by atoms with Crippen LogP contribution in [0.3, 0.4) is 0 Å². The van der Waals surface area contributed by atoms with Crippen LogP contribution in [0.5, 0.6) is 17.2 Å². The van der Waals surface area contributed by atoms with Gasteiger partial charge in [-0.2, -0.15) is 0 Å². The van der Waals surface area contributed by atoms with Crippen molar-refractivity contribution in [3.05, 3.63) is 40.1 Å². The molecule has 36 heavy (non-hydrogen) atoms. The van der Waals surface area contributed by atoms with Gasteiger partial charge in [-0.15, -0.1) is 10.2 Å². The summed E-state index contributed by atoms with van der Waals surface area (Å²) in [6.07, 6.45) is 3.81. The van der Waals surface area contributed by atoms with Crippen LogP contribution < -0.4 is 15.0 Å². The van der Waals surface area contributed by atoms with Gasteiger partial charge in [0.05, 0.1) is 25.3 Å². The summed E-state index contributed by atoms with van der Waals surface area (Å²) >= 11 is 0. The number of carbonyl (C=O) groups excluding carboxylic acids is 1. The Balaban J connectivity index is 1.76. The van der Waals surface area contributed by atoms with Gasteiger partial charge in [0.15, 0.2) is 5.78 Å². The van der Waals surface area contributed by atoms with Crippen LogP contribution in [0.25, 0.3) is 22.6 Å². The topological polar surface area (TPSA) is 137 Å². The van der Waals surface area contributed by atoms with Gasteiger partial charge in [0.2, 0.25) is 5.89 Å². The van der Waals surface area contributed by atoms with Crippen LogP contribution in [0.15, 0.2) is 27.4 Å². The zero-order valence-electron chi connectivity index (χ0n) is 20.8. The highest BCUT2D eigenvalue weighted by Crippen LogP contribution is 2.46. The molecule has 0 radical (unpaired) electrons. The Labute approximate surface area is 208 Å². The van der Waals surface area contributed by atoms with E-state index in [9.17, 15) is 14.7 Å². The standard InChI is InChI=1S/C26H31N3O7/c1-4-5-7-16-21(22-18(33-2)8-6-9-19(22)34-3)24(31)23(25(32)27-16)26-29-28-20(36-26)11-10-15-12-13-35-14-17(15)30/h6,8-9,15H,4-5,7,10-14H2,1-3H3,(H2,27,31,32). The number of rotatable bonds is 10. The molecule has 0 bridgehead atoms. The molecule has 10 heteroatoms. The molecule has 0 saturated carbocycles. The quantitative estimate of drug-likeness (QED) is 0.429. The molecule has 192 valence electrons. The van der Waals surface area contributed by atoms with Crippen LogP contribution in [0, 0.1) is 5.92 Å². The molecule has 10 nitrogen and oxygen atoms in total. The molecular weight excluding hydrogens is 466 g/mol. The van der Waals surface area contributed by atoms with E-state index in [1.807, 2.05) is 6.92 Å². The third-order valence-corrected chi connectivity index (χ3v) is 6.42. The van der Waals surface area contributed by atoms with Crippen molar-refractivity contribution in [2.75, 3.05) is 27.4 Å². The van der Waals surface area contributed by atoms with E-state index in [1.54, 1.807) is 18.2 Å². The van der Waals surface area contributed by atoms with Gasteiger partial charge in [-0.25, -0.2) is 0 Å². The van der Waals surface area contributed by atoms with Crippen molar-refractivity contribution in [1.82, 2.24) is 15.2 Å². The van der Waals surface area contributed by atoms with Crippen molar-refractivity contribution in [3.63, 3.8) is 0 Å². The number of unbranched alkanes of at least 4 members (excludes halogenated alkanes) is 1. The van der Waals surface area contributed by atoms with Crippen molar-refractivity contribution in [2.24, 2.45) is 5.92 Å².